The van der Waals surface area contributed by atoms with Gasteiger partial charge in [-0.05, 0) is 19.1 Å². The van der Waals surface area contributed by atoms with Crippen molar-refractivity contribution in [3.63, 3.8) is 0 Å². The van der Waals surface area contributed by atoms with Gasteiger partial charge in [0.1, 0.15) is 5.82 Å². The molecular weight excluding hydrogens is 260 g/mol. The molecule has 3 rings (SSSR count). The molecule has 0 aliphatic carbocycles. The standard InChI is InChI=1S/C13H10N4O3/c1-7-14-13-15-10(6-11(18)17(13)16-7)8-3-2-4-9(5-8)12(19)20/h2-6,18H,1H3,(H,19,20). The van der Waals surface area contributed by atoms with Crippen LogP contribution in [0.25, 0.3) is 17.0 Å². The quantitative estimate of drug-likeness (QED) is 0.732. The lowest BCUT2D eigenvalue weighted by atomic mass is 10.1. The van der Waals surface area contributed by atoms with E-state index in [9.17, 15) is 9.90 Å². The molecule has 1 aromatic carbocycles. The van der Waals surface area contributed by atoms with Crippen molar-refractivity contribution in [2.24, 2.45) is 0 Å². The molecule has 7 nitrogen and oxygen atoms in total. The Morgan fingerprint density at radius 2 is 2.05 bits per heavy atom. The number of hydrogen-bond acceptors (Lipinski definition) is 5. The number of rotatable bonds is 2. The highest BCUT2D eigenvalue weighted by atomic mass is 16.4. The molecule has 0 bridgehead atoms. The maximum atomic E-state index is 11.0. The molecule has 0 aliphatic rings. The zero-order chi connectivity index (χ0) is 14.3. The number of aromatic nitrogens is 4. The Hall–Kier alpha value is -2.96. The fourth-order valence-electron chi connectivity index (χ4n) is 1.91. The van der Waals surface area contributed by atoms with Crippen LogP contribution in [0.2, 0.25) is 0 Å². The molecule has 7 heteroatoms. The van der Waals surface area contributed by atoms with Crippen LogP contribution < -0.4 is 0 Å². The van der Waals surface area contributed by atoms with Gasteiger partial charge in [-0.15, -0.1) is 5.10 Å². The van der Waals surface area contributed by atoms with Crippen molar-refractivity contribution in [2.75, 3.05) is 0 Å². The molecule has 0 unspecified atom stereocenters. The first kappa shape index (κ1) is 12.1. The van der Waals surface area contributed by atoms with E-state index in [1.165, 1.54) is 22.7 Å². The maximum Gasteiger partial charge on any atom is 0.335 e. The fourth-order valence-corrected chi connectivity index (χ4v) is 1.91. The highest BCUT2D eigenvalue weighted by Gasteiger charge is 2.11. The van der Waals surface area contributed by atoms with Crippen LogP contribution in [0.1, 0.15) is 16.2 Å². The highest BCUT2D eigenvalue weighted by Crippen LogP contribution is 2.23. The summed E-state index contributed by atoms with van der Waals surface area (Å²) >= 11 is 0. The van der Waals surface area contributed by atoms with Crippen LogP contribution in [0, 0.1) is 6.92 Å². The predicted molar refractivity (Wildman–Crippen MR) is 69.6 cm³/mol. The number of carbonyl (C=O) groups is 1. The van der Waals surface area contributed by atoms with E-state index in [0.29, 0.717) is 17.1 Å². The van der Waals surface area contributed by atoms with Gasteiger partial charge in [0.25, 0.3) is 5.78 Å². The lowest BCUT2D eigenvalue weighted by molar-refractivity contribution is 0.0697. The molecule has 0 fully saturated rings. The van der Waals surface area contributed by atoms with Gasteiger partial charge in [-0.1, -0.05) is 12.1 Å². The van der Waals surface area contributed by atoms with Crippen LogP contribution in [-0.2, 0) is 0 Å². The second-order valence-electron chi connectivity index (χ2n) is 4.26. The third kappa shape index (κ3) is 1.95. The van der Waals surface area contributed by atoms with Crippen molar-refractivity contribution in [1.82, 2.24) is 19.6 Å². The Morgan fingerprint density at radius 3 is 2.80 bits per heavy atom. The van der Waals surface area contributed by atoms with Gasteiger partial charge in [0.05, 0.1) is 11.3 Å². The molecule has 2 aromatic heterocycles. The summed E-state index contributed by atoms with van der Waals surface area (Å²) < 4.78 is 1.22. The van der Waals surface area contributed by atoms with Gasteiger partial charge < -0.3 is 10.2 Å². The van der Waals surface area contributed by atoms with Crippen LogP contribution in [0.15, 0.2) is 30.3 Å². The van der Waals surface area contributed by atoms with Crippen molar-refractivity contribution in [3.05, 3.63) is 41.7 Å². The summed E-state index contributed by atoms with van der Waals surface area (Å²) in [5, 5.41) is 22.9. The molecule has 100 valence electrons. The number of carboxylic acids is 1. The van der Waals surface area contributed by atoms with Gasteiger partial charge in [-0.3, -0.25) is 0 Å². The predicted octanol–water partition coefficient (Wildman–Crippen LogP) is 1.50. The number of nitrogens with zero attached hydrogens (tertiary/aromatic N) is 4. The number of aromatic carboxylic acids is 1. The van der Waals surface area contributed by atoms with E-state index >= 15 is 0 Å². The minimum Gasteiger partial charge on any atom is -0.493 e. The first-order valence-corrected chi connectivity index (χ1v) is 5.82. The summed E-state index contributed by atoms with van der Waals surface area (Å²) in [5.41, 5.74) is 1.18. The number of aryl methyl sites for hydroxylation is 1. The number of hydrogen-bond donors (Lipinski definition) is 2. The molecule has 0 radical (unpaired) electrons. The van der Waals surface area contributed by atoms with Gasteiger partial charge in [-0.2, -0.15) is 9.50 Å². The summed E-state index contributed by atoms with van der Waals surface area (Å²) in [6.45, 7) is 1.69. The Morgan fingerprint density at radius 1 is 1.25 bits per heavy atom. The third-order valence-electron chi connectivity index (χ3n) is 2.80. The normalized spacial score (nSPS) is 10.8. The molecule has 2 N–H and O–H groups in total. The maximum absolute atomic E-state index is 11.0. The van der Waals surface area contributed by atoms with Crippen molar-refractivity contribution >= 4 is 11.7 Å². The van der Waals surface area contributed by atoms with E-state index in [4.69, 9.17) is 5.11 Å². The second-order valence-corrected chi connectivity index (χ2v) is 4.26. The van der Waals surface area contributed by atoms with Crippen LogP contribution in [0.3, 0.4) is 0 Å². The molecule has 0 aliphatic heterocycles. The Kier molecular flexibility index (Phi) is 2.60. The lowest BCUT2D eigenvalue weighted by Crippen LogP contribution is -1.98. The molecule has 0 saturated heterocycles. The molecule has 20 heavy (non-hydrogen) atoms. The first-order chi connectivity index (χ1) is 9.54. The number of benzene rings is 1. The summed E-state index contributed by atoms with van der Waals surface area (Å²) in [6, 6.07) is 7.74. The molecule has 0 amide bonds. The van der Waals surface area contributed by atoms with E-state index in [2.05, 4.69) is 15.1 Å². The van der Waals surface area contributed by atoms with E-state index in [-0.39, 0.29) is 17.2 Å². The van der Waals surface area contributed by atoms with Crippen molar-refractivity contribution in [3.8, 4) is 17.1 Å². The Balaban J connectivity index is 2.19. The minimum atomic E-state index is -1.02. The molecule has 2 heterocycles. The summed E-state index contributed by atoms with van der Waals surface area (Å²) in [6.07, 6.45) is 0. The van der Waals surface area contributed by atoms with E-state index in [1.807, 2.05) is 0 Å². The molecule has 0 atom stereocenters. The van der Waals surface area contributed by atoms with Crippen molar-refractivity contribution < 1.29 is 15.0 Å². The average Bonchev–Trinajstić information content (AvgIpc) is 2.80. The van der Waals surface area contributed by atoms with Crippen molar-refractivity contribution in [2.45, 2.75) is 6.92 Å². The zero-order valence-electron chi connectivity index (χ0n) is 10.5. The number of aromatic hydroxyl groups is 1. The first-order valence-electron chi connectivity index (χ1n) is 5.82. The molecule has 0 spiro atoms. The van der Waals surface area contributed by atoms with Crippen LogP contribution in [0.4, 0.5) is 0 Å². The molecule has 0 saturated carbocycles. The molecule has 3 aromatic rings. The van der Waals surface area contributed by atoms with Crippen LogP contribution >= 0.6 is 0 Å². The van der Waals surface area contributed by atoms with Gasteiger partial charge in [0.2, 0.25) is 5.88 Å². The second kappa shape index (κ2) is 4.30. The Labute approximate surface area is 113 Å². The summed E-state index contributed by atoms with van der Waals surface area (Å²) in [5.74, 6) is -0.371. The SMILES string of the molecule is Cc1nc2nc(-c3cccc(C(=O)O)c3)cc(O)n2n1. The van der Waals surface area contributed by atoms with E-state index in [1.54, 1.807) is 19.1 Å². The summed E-state index contributed by atoms with van der Waals surface area (Å²) in [4.78, 5) is 19.3. The summed E-state index contributed by atoms with van der Waals surface area (Å²) in [7, 11) is 0. The third-order valence-corrected chi connectivity index (χ3v) is 2.80. The van der Waals surface area contributed by atoms with E-state index < -0.39 is 5.97 Å². The van der Waals surface area contributed by atoms with Gasteiger partial charge in [0.15, 0.2) is 0 Å². The minimum absolute atomic E-state index is 0.105. The van der Waals surface area contributed by atoms with Gasteiger partial charge in [-0.25, -0.2) is 9.78 Å². The highest BCUT2D eigenvalue weighted by molar-refractivity contribution is 5.89. The zero-order valence-corrected chi connectivity index (χ0v) is 10.5. The average molecular weight is 270 g/mol. The van der Waals surface area contributed by atoms with Crippen LogP contribution in [0.5, 0.6) is 5.88 Å². The van der Waals surface area contributed by atoms with E-state index in [0.717, 1.165) is 0 Å². The number of carboxylic acid groups (broad SMARTS) is 1. The van der Waals surface area contributed by atoms with Crippen molar-refractivity contribution in [1.29, 1.82) is 0 Å². The van der Waals surface area contributed by atoms with Crippen LogP contribution in [-0.4, -0.2) is 35.8 Å². The number of fused-ring (bicyclic) bond motifs is 1. The Bertz CT molecular complexity index is 826. The monoisotopic (exact) mass is 270 g/mol. The van der Waals surface area contributed by atoms with Gasteiger partial charge >= 0.3 is 5.97 Å². The smallest absolute Gasteiger partial charge is 0.335 e. The fraction of sp³-hybridized carbons (Fsp3) is 0.0769. The largest absolute Gasteiger partial charge is 0.493 e. The lowest BCUT2D eigenvalue weighted by Gasteiger charge is -2.04. The van der Waals surface area contributed by atoms with Gasteiger partial charge in [0, 0.05) is 11.6 Å². The topological polar surface area (TPSA) is 101 Å². The molecular formula is C13H10N4O3.